The lowest BCUT2D eigenvalue weighted by molar-refractivity contribution is -0.122. The third kappa shape index (κ3) is 3.31. The van der Waals surface area contributed by atoms with Crippen molar-refractivity contribution in [3.8, 4) is 0 Å². The number of carbonyl (C=O) groups is 1. The van der Waals surface area contributed by atoms with Crippen LogP contribution in [0.3, 0.4) is 0 Å². The van der Waals surface area contributed by atoms with Crippen molar-refractivity contribution >= 4 is 15.9 Å². The number of benzene rings is 1. The van der Waals surface area contributed by atoms with E-state index in [1.807, 2.05) is 0 Å². The summed E-state index contributed by atoms with van der Waals surface area (Å²) in [6.07, 6.45) is 1.86. The van der Waals surface area contributed by atoms with Gasteiger partial charge in [-0.2, -0.15) is 4.31 Å². The number of carbonyl (C=O) groups excluding carboxylic acids is 1. The van der Waals surface area contributed by atoms with Gasteiger partial charge in [-0.1, -0.05) is 18.2 Å². The molecule has 22 heavy (non-hydrogen) atoms. The zero-order valence-electron chi connectivity index (χ0n) is 12.3. The lowest BCUT2D eigenvalue weighted by Gasteiger charge is -2.27. The minimum atomic E-state index is -3.54. The Labute approximate surface area is 130 Å². The molecule has 1 aliphatic carbocycles. The standard InChI is InChI=1S/C15H20N2O4S/c18-15(12-5-6-12)16-11-13-3-1-2-4-14(13)22(19,20)17-7-9-21-10-8-17/h1-4,12H,5-11H2,(H,16,18). The summed E-state index contributed by atoms with van der Waals surface area (Å²) in [5.41, 5.74) is 0.628. The topological polar surface area (TPSA) is 75.7 Å². The molecule has 0 spiro atoms. The molecule has 1 N–H and O–H groups in total. The maximum Gasteiger partial charge on any atom is 0.243 e. The van der Waals surface area contributed by atoms with Gasteiger partial charge in [0.25, 0.3) is 0 Å². The van der Waals surface area contributed by atoms with Crippen LogP contribution in [0, 0.1) is 5.92 Å². The maximum absolute atomic E-state index is 12.8. The molecule has 2 fully saturated rings. The van der Waals surface area contributed by atoms with E-state index in [-0.39, 0.29) is 23.3 Å². The largest absolute Gasteiger partial charge is 0.379 e. The van der Waals surface area contributed by atoms with Crippen molar-refractivity contribution in [2.45, 2.75) is 24.3 Å². The van der Waals surface area contributed by atoms with Crippen molar-refractivity contribution in [1.82, 2.24) is 9.62 Å². The molecule has 7 heteroatoms. The minimum absolute atomic E-state index is 0.0126. The fourth-order valence-corrected chi connectivity index (χ4v) is 4.13. The normalized spacial score (nSPS) is 19.8. The molecule has 1 saturated carbocycles. The number of morpholine rings is 1. The molecule has 1 saturated heterocycles. The number of hydrogen-bond acceptors (Lipinski definition) is 4. The fraction of sp³-hybridized carbons (Fsp3) is 0.533. The molecule has 1 aromatic rings. The van der Waals surface area contributed by atoms with Gasteiger partial charge < -0.3 is 10.1 Å². The highest BCUT2D eigenvalue weighted by atomic mass is 32.2. The van der Waals surface area contributed by atoms with Gasteiger partial charge in [0.2, 0.25) is 15.9 Å². The Morgan fingerprint density at radius 1 is 1.23 bits per heavy atom. The average molecular weight is 324 g/mol. The smallest absolute Gasteiger partial charge is 0.243 e. The van der Waals surface area contributed by atoms with Crippen molar-refractivity contribution < 1.29 is 17.9 Å². The van der Waals surface area contributed by atoms with Gasteiger partial charge >= 0.3 is 0 Å². The van der Waals surface area contributed by atoms with Gasteiger partial charge in [-0.15, -0.1) is 0 Å². The maximum atomic E-state index is 12.8. The molecule has 6 nitrogen and oxygen atoms in total. The van der Waals surface area contributed by atoms with Gasteiger partial charge in [-0.3, -0.25) is 4.79 Å². The van der Waals surface area contributed by atoms with Crippen LogP contribution < -0.4 is 5.32 Å². The van der Waals surface area contributed by atoms with Crippen molar-refractivity contribution in [2.24, 2.45) is 5.92 Å². The van der Waals surface area contributed by atoms with E-state index < -0.39 is 10.0 Å². The predicted octanol–water partition coefficient (Wildman–Crippen LogP) is 0.734. The van der Waals surface area contributed by atoms with Crippen LogP contribution in [0.1, 0.15) is 18.4 Å². The lowest BCUT2D eigenvalue weighted by atomic mass is 10.2. The predicted molar refractivity (Wildman–Crippen MR) is 80.6 cm³/mol. The molecule has 2 aliphatic rings. The second kappa shape index (κ2) is 6.36. The summed E-state index contributed by atoms with van der Waals surface area (Å²) in [5, 5.41) is 2.83. The zero-order chi connectivity index (χ0) is 15.6. The second-order valence-corrected chi connectivity index (χ2v) is 7.52. The third-order valence-corrected chi connectivity index (χ3v) is 5.96. The summed E-state index contributed by atoms with van der Waals surface area (Å²) in [5.74, 6) is 0.126. The van der Waals surface area contributed by atoms with Crippen molar-refractivity contribution in [3.05, 3.63) is 29.8 Å². The Balaban J connectivity index is 1.78. The number of nitrogens with zero attached hydrogens (tertiary/aromatic N) is 1. The number of amides is 1. The molecule has 3 rings (SSSR count). The van der Waals surface area contributed by atoms with Crippen LogP contribution in [0.4, 0.5) is 0 Å². The third-order valence-electron chi connectivity index (χ3n) is 3.96. The van der Waals surface area contributed by atoms with Gasteiger partial charge in [0.1, 0.15) is 0 Å². The van der Waals surface area contributed by atoms with E-state index in [4.69, 9.17) is 4.74 Å². The molecular weight excluding hydrogens is 304 g/mol. The molecule has 1 amide bonds. The summed E-state index contributed by atoms with van der Waals surface area (Å²) in [6.45, 7) is 1.81. The number of hydrogen-bond donors (Lipinski definition) is 1. The molecule has 0 bridgehead atoms. The summed E-state index contributed by atoms with van der Waals surface area (Å²) < 4.78 is 32.2. The lowest BCUT2D eigenvalue weighted by Crippen LogP contribution is -2.41. The average Bonchev–Trinajstić information content (AvgIpc) is 3.38. The van der Waals surface area contributed by atoms with Gasteiger partial charge in [0.15, 0.2) is 0 Å². The Kier molecular flexibility index (Phi) is 4.46. The summed E-state index contributed by atoms with van der Waals surface area (Å²) in [6, 6.07) is 6.85. The highest BCUT2D eigenvalue weighted by molar-refractivity contribution is 7.89. The van der Waals surface area contributed by atoms with Crippen LogP contribution in [-0.4, -0.2) is 44.9 Å². The van der Waals surface area contributed by atoms with E-state index >= 15 is 0 Å². The van der Waals surface area contributed by atoms with Crippen LogP contribution in [0.25, 0.3) is 0 Å². The van der Waals surface area contributed by atoms with Crippen molar-refractivity contribution in [3.63, 3.8) is 0 Å². The van der Waals surface area contributed by atoms with Crippen LogP contribution >= 0.6 is 0 Å². The first kappa shape index (κ1) is 15.5. The monoisotopic (exact) mass is 324 g/mol. The summed E-state index contributed by atoms with van der Waals surface area (Å²) in [7, 11) is -3.54. The van der Waals surface area contributed by atoms with E-state index in [2.05, 4.69) is 5.32 Å². The Hall–Kier alpha value is -1.44. The van der Waals surface area contributed by atoms with Gasteiger partial charge in [-0.05, 0) is 24.5 Å². The first-order chi connectivity index (χ1) is 10.6. The number of nitrogens with one attached hydrogen (secondary N) is 1. The highest BCUT2D eigenvalue weighted by Crippen LogP contribution is 2.29. The van der Waals surface area contributed by atoms with E-state index in [0.717, 1.165) is 12.8 Å². The number of ether oxygens (including phenoxy) is 1. The fourth-order valence-electron chi connectivity index (χ4n) is 2.50. The molecule has 0 radical (unpaired) electrons. The first-order valence-corrected chi connectivity index (χ1v) is 8.96. The zero-order valence-corrected chi connectivity index (χ0v) is 13.1. The van der Waals surface area contributed by atoms with Gasteiger partial charge in [0, 0.05) is 25.6 Å². The van der Waals surface area contributed by atoms with E-state index in [9.17, 15) is 13.2 Å². The number of sulfonamides is 1. The number of rotatable bonds is 5. The Morgan fingerprint density at radius 2 is 1.91 bits per heavy atom. The molecule has 0 atom stereocenters. The van der Waals surface area contributed by atoms with Gasteiger partial charge in [-0.25, -0.2) is 8.42 Å². The first-order valence-electron chi connectivity index (χ1n) is 7.52. The van der Waals surface area contributed by atoms with E-state index in [0.29, 0.717) is 31.9 Å². The van der Waals surface area contributed by atoms with E-state index in [1.165, 1.54) is 4.31 Å². The SMILES string of the molecule is O=C(NCc1ccccc1S(=O)(=O)N1CCOCC1)C1CC1. The van der Waals surface area contributed by atoms with Crippen LogP contribution in [0.5, 0.6) is 0 Å². The molecule has 1 aliphatic heterocycles. The molecule has 1 heterocycles. The van der Waals surface area contributed by atoms with E-state index in [1.54, 1.807) is 24.3 Å². The molecule has 0 aromatic heterocycles. The van der Waals surface area contributed by atoms with Crippen LogP contribution in [-0.2, 0) is 26.1 Å². The molecule has 1 aromatic carbocycles. The Bertz CT molecular complexity index is 649. The minimum Gasteiger partial charge on any atom is -0.379 e. The molecule has 0 unspecified atom stereocenters. The van der Waals surface area contributed by atoms with Crippen molar-refractivity contribution in [2.75, 3.05) is 26.3 Å². The summed E-state index contributed by atoms with van der Waals surface area (Å²) >= 11 is 0. The molecular formula is C15H20N2O4S. The quantitative estimate of drug-likeness (QED) is 0.866. The Morgan fingerprint density at radius 3 is 2.59 bits per heavy atom. The summed E-state index contributed by atoms with van der Waals surface area (Å²) in [4.78, 5) is 12.0. The van der Waals surface area contributed by atoms with Crippen LogP contribution in [0.2, 0.25) is 0 Å². The second-order valence-electron chi connectivity index (χ2n) is 5.62. The van der Waals surface area contributed by atoms with Crippen molar-refractivity contribution in [1.29, 1.82) is 0 Å². The van der Waals surface area contributed by atoms with Crippen LogP contribution in [0.15, 0.2) is 29.2 Å². The molecule has 120 valence electrons. The van der Waals surface area contributed by atoms with Gasteiger partial charge in [0.05, 0.1) is 18.1 Å². The highest BCUT2D eigenvalue weighted by Gasteiger charge is 2.31.